The number of nitriles is 1. The molecule has 2 heterocycles. The van der Waals surface area contributed by atoms with Crippen LogP contribution in [0.15, 0.2) is 93.3 Å². The predicted molar refractivity (Wildman–Crippen MR) is 137 cm³/mol. The van der Waals surface area contributed by atoms with Gasteiger partial charge in [0.1, 0.15) is 23.2 Å². The maximum absolute atomic E-state index is 13.0. The van der Waals surface area contributed by atoms with Crippen LogP contribution >= 0.6 is 0 Å². The number of hydrazone groups is 1. The molecule has 5 aromatic rings. The van der Waals surface area contributed by atoms with E-state index in [2.05, 4.69) is 30.6 Å². The molecular weight excluding hydrogens is 489 g/mol. The van der Waals surface area contributed by atoms with Gasteiger partial charge in [-0.05, 0) is 29.8 Å². The molecule has 2 aromatic heterocycles. The highest BCUT2D eigenvalue weighted by molar-refractivity contribution is 5.81. The molecule has 0 bridgehead atoms. The first kappa shape index (κ1) is 24.1. The lowest BCUT2D eigenvalue weighted by atomic mass is 10.1. The van der Waals surface area contributed by atoms with Crippen molar-refractivity contribution in [3.05, 3.63) is 112 Å². The lowest BCUT2D eigenvalue weighted by Gasteiger charge is -2.06. The van der Waals surface area contributed by atoms with E-state index in [0.29, 0.717) is 17.1 Å². The highest BCUT2D eigenvalue weighted by atomic mass is 19.1. The number of aromatic amines is 1. The fourth-order valence-electron chi connectivity index (χ4n) is 3.43. The Balaban J connectivity index is 1.23. The zero-order chi connectivity index (χ0) is 26.3. The van der Waals surface area contributed by atoms with Crippen LogP contribution < -0.4 is 15.7 Å². The van der Waals surface area contributed by atoms with Gasteiger partial charge in [-0.1, -0.05) is 59.8 Å². The molecule has 10 nitrogen and oxygen atoms in total. The second kappa shape index (κ2) is 11.0. The van der Waals surface area contributed by atoms with E-state index >= 15 is 0 Å². The lowest BCUT2D eigenvalue weighted by molar-refractivity contribution is 0.242. The molecule has 186 valence electrons. The van der Waals surface area contributed by atoms with E-state index < -0.39 is 5.56 Å². The third-order valence-electron chi connectivity index (χ3n) is 5.28. The van der Waals surface area contributed by atoms with Gasteiger partial charge in [0, 0.05) is 11.1 Å². The average molecular weight is 507 g/mol. The van der Waals surface area contributed by atoms with Gasteiger partial charge in [-0.25, -0.2) is 14.8 Å². The third-order valence-corrected chi connectivity index (χ3v) is 5.28. The number of benzene rings is 3. The van der Waals surface area contributed by atoms with Gasteiger partial charge in [0.15, 0.2) is 6.61 Å². The zero-order valence-corrected chi connectivity index (χ0v) is 19.6. The number of halogens is 1. The molecule has 0 aliphatic rings. The fourth-order valence-corrected chi connectivity index (χ4v) is 3.43. The third kappa shape index (κ3) is 5.60. The second-order valence-corrected chi connectivity index (χ2v) is 7.86. The zero-order valence-electron chi connectivity index (χ0n) is 19.6. The van der Waals surface area contributed by atoms with Crippen LogP contribution in [-0.2, 0) is 6.61 Å². The number of H-pyrrole nitrogens is 1. The number of hydrogen-bond donors (Lipinski definition) is 2. The van der Waals surface area contributed by atoms with Crippen LogP contribution in [0.3, 0.4) is 0 Å². The summed E-state index contributed by atoms with van der Waals surface area (Å²) in [4.78, 5) is 23.5. The van der Waals surface area contributed by atoms with Crippen molar-refractivity contribution in [1.82, 2.24) is 20.1 Å². The number of nitrogens with one attached hydrogen (secondary N) is 2. The molecule has 2 N–H and O–H groups in total. The van der Waals surface area contributed by atoms with E-state index in [1.807, 2.05) is 12.1 Å². The van der Waals surface area contributed by atoms with E-state index in [1.54, 1.807) is 54.7 Å². The maximum atomic E-state index is 13.0. The Hall–Kier alpha value is -5.63. The molecule has 0 aliphatic carbocycles. The van der Waals surface area contributed by atoms with Gasteiger partial charge in [-0.15, -0.1) is 0 Å². The molecule has 0 saturated carbocycles. The Labute approximate surface area is 215 Å². The maximum Gasteiger partial charge on any atom is 0.270 e. The highest BCUT2D eigenvalue weighted by Gasteiger charge is 2.13. The number of rotatable bonds is 8. The summed E-state index contributed by atoms with van der Waals surface area (Å²) in [5, 5.41) is 17.5. The minimum atomic E-state index is -0.564. The van der Waals surface area contributed by atoms with Crippen molar-refractivity contribution in [3.63, 3.8) is 0 Å². The Bertz CT molecular complexity index is 1670. The Morgan fingerprint density at radius 3 is 2.53 bits per heavy atom. The summed E-state index contributed by atoms with van der Waals surface area (Å²) in [6, 6.07) is 23.7. The first-order valence-electron chi connectivity index (χ1n) is 11.3. The van der Waals surface area contributed by atoms with Crippen molar-refractivity contribution >= 4 is 12.2 Å². The molecule has 0 saturated heterocycles. The molecule has 5 rings (SSSR count). The molecule has 38 heavy (non-hydrogen) atoms. The van der Waals surface area contributed by atoms with Crippen LogP contribution in [0.25, 0.3) is 22.6 Å². The first-order valence-corrected chi connectivity index (χ1v) is 11.3. The van der Waals surface area contributed by atoms with Crippen LogP contribution in [0.5, 0.6) is 5.75 Å². The topological polar surface area (TPSA) is 142 Å². The molecule has 0 amide bonds. The summed E-state index contributed by atoms with van der Waals surface area (Å²) in [7, 11) is 0. The van der Waals surface area contributed by atoms with Crippen LogP contribution in [0.1, 0.15) is 17.0 Å². The highest BCUT2D eigenvalue weighted by Crippen LogP contribution is 2.20. The first-order chi connectivity index (χ1) is 18.6. The predicted octanol–water partition coefficient (Wildman–Crippen LogP) is 4.52. The van der Waals surface area contributed by atoms with Gasteiger partial charge >= 0.3 is 0 Å². The van der Waals surface area contributed by atoms with Gasteiger partial charge < -0.3 is 9.26 Å². The number of ether oxygens (including phenoxy) is 1. The summed E-state index contributed by atoms with van der Waals surface area (Å²) in [6.07, 6.45) is 1.54. The van der Waals surface area contributed by atoms with E-state index in [4.69, 9.17) is 9.26 Å². The molecular formula is C27H18FN7O3. The summed E-state index contributed by atoms with van der Waals surface area (Å²) in [6.45, 7) is 0.0481. The summed E-state index contributed by atoms with van der Waals surface area (Å²) >= 11 is 0. The van der Waals surface area contributed by atoms with Gasteiger partial charge in [0.2, 0.25) is 11.8 Å². The molecule has 3 aromatic carbocycles. The van der Waals surface area contributed by atoms with Gasteiger partial charge in [-0.2, -0.15) is 15.3 Å². The van der Waals surface area contributed by atoms with Crippen molar-refractivity contribution in [2.45, 2.75) is 6.61 Å². The van der Waals surface area contributed by atoms with E-state index in [-0.39, 0.29) is 35.5 Å². The minimum Gasteiger partial charge on any atom is -0.484 e. The normalized spacial score (nSPS) is 10.8. The number of hydrogen-bond acceptors (Lipinski definition) is 9. The average Bonchev–Trinajstić information content (AvgIpc) is 3.42. The van der Waals surface area contributed by atoms with Crippen molar-refractivity contribution in [3.8, 4) is 34.5 Å². The van der Waals surface area contributed by atoms with Crippen LogP contribution in [0.2, 0.25) is 0 Å². The Morgan fingerprint density at radius 2 is 1.79 bits per heavy atom. The molecule has 0 atom stereocenters. The quantitative estimate of drug-likeness (QED) is 0.231. The van der Waals surface area contributed by atoms with Crippen molar-refractivity contribution in [2.24, 2.45) is 5.10 Å². The molecule has 0 fully saturated rings. The molecule has 0 spiro atoms. The smallest absolute Gasteiger partial charge is 0.270 e. The number of anilines is 1. The fraction of sp³-hybridized carbons (Fsp3) is 0.0370. The summed E-state index contributed by atoms with van der Waals surface area (Å²) in [5.74, 6) is 0.901. The van der Waals surface area contributed by atoms with Gasteiger partial charge in [-0.3, -0.25) is 9.78 Å². The molecule has 0 radical (unpaired) electrons. The Kier molecular flexibility index (Phi) is 6.95. The van der Waals surface area contributed by atoms with Crippen molar-refractivity contribution in [2.75, 3.05) is 5.43 Å². The molecule has 0 unspecified atom stereocenters. The molecule has 11 heteroatoms. The Morgan fingerprint density at radius 1 is 1.03 bits per heavy atom. The standard InChI is InChI=1S/C27H18FN7O3/c28-20-10-12-21(13-11-20)37-16-23-31-25(35-38-23)19-8-6-17(7-9-19)15-30-34-27-32-24(18-4-2-1-3-5-18)22(14-29)26(36)33-27/h1-13,15H,16H2,(H2,32,33,34,36). The monoisotopic (exact) mass is 507 g/mol. The van der Waals surface area contributed by atoms with Crippen LogP contribution in [0, 0.1) is 17.1 Å². The van der Waals surface area contributed by atoms with Crippen LogP contribution in [0.4, 0.5) is 10.3 Å². The van der Waals surface area contributed by atoms with Gasteiger partial charge in [0.25, 0.3) is 11.4 Å². The lowest BCUT2D eigenvalue weighted by Crippen LogP contribution is -2.16. The second-order valence-electron chi connectivity index (χ2n) is 7.86. The number of aromatic nitrogens is 4. The van der Waals surface area contributed by atoms with Crippen molar-refractivity contribution in [1.29, 1.82) is 5.26 Å². The van der Waals surface area contributed by atoms with Crippen molar-refractivity contribution < 1.29 is 13.7 Å². The van der Waals surface area contributed by atoms with Crippen LogP contribution in [-0.4, -0.2) is 26.3 Å². The van der Waals surface area contributed by atoms with E-state index in [1.165, 1.54) is 24.3 Å². The van der Waals surface area contributed by atoms with E-state index in [9.17, 15) is 14.4 Å². The summed E-state index contributed by atoms with van der Waals surface area (Å²) in [5.41, 5.74) is 4.44. The molecule has 0 aliphatic heterocycles. The van der Waals surface area contributed by atoms with E-state index in [0.717, 1.165) is 11.1 Å². The van der Waals surface area contributed by atoms with Gasteiger partial charge in [0.05, 0.1) is 11.9 Å². The minimum absolute atomic E-state index is 0.0481. The summed E-state index contributed by atoms with van der Waals surface area (Å²) < 4.78 is 23.7. The SMILES string of the molecule is N#Cc1c(-c2ccccc2)nc(NN=Cc2ccc(-c3noc(COc4ccc(F)cc4)n3)cc2)[nH]c1=O. The number of nitrogens with zero attached hydrogens (tertiary/aromatic N) is 5. The largest absolute Gasteiger partial charge is 0.484 e.